The Morgan fingerprint density at radius 3 is 1.52 bits per heavy atom. The summed E-state index contributed by atoms with van der Waals surface area (Å²) in [6.45, 7) is 6.91. The molecule has 1 aliphatic rings. The van der Waals surface area contributed by atoms with Crippen LogP contribution in [0.3, 0.4) is 0 Å². The first-order chi connectivity index (χ1) is 11.1. The van der Waals surface area contributed by atoms with Gasteiger partial charge in [-0.2, -0.15) is 0 Å². The number of fused-ring (bicyclic) bond motifs is 3. The SMILES string of the molecule is CC(C)(C)c1ccccc1C1c2ccccc2-c2ccccc21. The van der Waals surface area contributed by atoms with Crippen molar-refractivity contribution in [3.63, 3.8) is 0 Å². The minimum absolute atomic E-state index is 0.142. The van der Waals surface area contributed by atoms with Crippen molar-refractivity contribution in [3.8, 4) is 11.1 Å². The normalized spacial score (nSPS) is 13.7. The van der Waals surface area contributed by atoms with E-state index in [2.05, 4.69) is 93.6 Å². The van der Waals surface area contributed by atoms with Crippen LogP contribution >= 0.6 is 0 Å². The van der Waals surface area contributed by atoms with E-state index >= 15 is 0 Å². The number of rotatable bonds is 1. The molecule has 0 saturated heterocycles. The van der Waals surface area contributed by atoms with Crippen LogP contribution in [-0.4, -0.2) is 0 Å². The first-order valence-electron chi connectivity index (χ1n) is 8.35. The van der Waals surface area contributed by atoms with E-state index in [1.807, 2.05) is 0 Å². The van der Waals surface area contributed by atoms with E-state index in [4.69, 9.17) is 0 Å². The molecule has 114 valence electrons. The number of hydrogen-bond donors (Lipinski definition) is 0. The second kappa shape index (κ2) is 5.09. The molecule has 23 heavy (non-hydrogen) atoms. The maximum absolute atomic E-state index is 2.31. The van der Waals surface area contributed by atoms with Gasteiger partial charge in [-0.15, -0.1) is 0 Å². The van der Waals surface area contributed by atoms with Crippen molar-refractivity contribution in [1.29, 1.82) is 0 Å². The summed E-state index contributed by atoms with van der Waals surface area (Å²) < 4.78 is 0. The summed E-state index contributed by atoms with van der Waals surface area (Å²) in [5.41, 5.74) is 8.67. The average molecular weight is 298 g/mol. The molecule has 0 spiro atoms. The quantitative estimate of drug-likeness (QED) is 0.395. The first kappa shape index (κ1) is 14.3. The van der Waals surface area contributed by atoms with Gasteiger partial charge in [0.1, 0.15) is 0 Å². The van der Waals surface area contributed by atoms with Crippen LogP contribution in [0.5, 0.6) is 0 Å². The summed E-state index contributed by atoms with van der Waals surface area (Å²) in [5.74, 6) is 0.345. The molecular weight excluding hydrogens is 276 g/mol. The minimum atomic E-state index is 0.142. The van der Waals surface area contributed by atoms with Crippen LogP contribution in [0, 0.1) is 0 Å². The Balaban J connectivity index is 2.01. The highest BCUT2D eigenvalue weighted by molar-refractivity contribution is 5.80. The molecule has 4 rings (SSSR count). The lowest BCUT2D eigenvalue weighted by molar-refractivity contribution is 0.581. The Hall–Kier alpha value is -2.34. The summed E-state index contributed by atoms with van der Waals surface area (Å²) in [7, 11) is 0. The van der Waals surface area contributed by atoms with Gasteiger partial charge in [-0.25, -0.2) is 0 Å². The topological polar surface area (TPSA) is 0 Å². The van der Waals surface area contributed by atoms with Crippen LogP contribution in [0.25, 0.3) is 11.1 Å². The van der Waals surface area contributed by atoms with Gasteiger partial charge in [-0.05, 0) is 38.8 Å². The summed E-state index contributed by atoms with van der Waals surface area (Å²) >= 11 is 0. The molecule has 0 N–H and O–H groups in total. The van der Waals surface area contributed by atoms with E-state index in [1.54, 1.807) is 0 Å². The summed E-state index contributed by atoms with van der Waals surface area (Å²) in [6.07, 6.45) is 0. The molecule has 1 aliphatic carbocycles. The van der Waals surface area contributed by atoms with E-state index in [0.717, 1.165) is 0 Å². The van der Waals surface area contributed by atoms with Crippen molar-refractivity contribution in [2.75, 3.05) is 0 Å². The Kier molecular flexibility index (Phi) is 3.16. The van der Waals surface area contributed by atoms with Crippen molar-refractivity contribution in [2.45, 2.75) is 32.1 Å². The molecule has 3 aromatic carbocycles. The molecule has 0 bridgehead atoms. The summed E-state index contributed by atoms with van der Waals surface area (Å²) in [6, 6.07) is 26.7. The lowest BCUT2D eigenvalue weighted by Gasteiger charge is -2.26. The molecule has 0 nitrogen and oxygen atoms in total. The molecule has 0 aliphatic heterocycles. The number of benzene rings is 3. The molecule has 0 aromatic heterocycles. The average Bonchev–Trinajstić information content (AvgIpc) is 2.88. The van der Waals surface area contributed by atoms with Gasteiger partial charge in [0.25, 0.3) is 0 Å². The van der Waals surface area contributed by atoms with Crippen molar-refractivity contribution in [3.05, 3.63) is 95.1 Å². The monoisotopic (exact) mass is 298 g/mol. The van der Waals surface area contributed by atoms with E-state index in [-0.39, 0.29) is 5.41 Å². The van der Waals surface area contributed by atoms with Crippen LogP contribution in [0.15, 0.2) is 72.8 Å². The van der Waals surface area contributed by atoms with E-state index in [0.29, 0.717) is 5.92 Å². The third kappa shape index (κ3) is 2.21. The maximum atomic E-state index is 2.31. The molecule has 0 amide bonds. The Morgan fingerprint density at radius 1 is 0.565 bits per heavy atom. The molecule has 0 heteroatoms. The highest BCUT2D eigenvalue weighted by atomic mass is 14.3. The lowest BCUT2D eigenvalue weighted by Crippen LogP contribution is -2.16. The van der Waals surface area contributed by atoms with Gasteiger partial charge in [0.05, 0.1) is 0 Å². The zero-order chi connectivity index (χ0) is 16.0. The second-order valence-electron chi connectivity index (χ2n) is 7.44. The Labute approximate surface area is 138 Å². The summed E-state index contributed by atoms with van der Waals surface area (Å²) in [4.78, 5) is 0. The van der Waals surface area contributed by atoms with Crippen LogP contribution in [0.1, 0.15) is 48.9 Å². The standard InChI is InChI=1S/C23H22/c1-23(2,3)21-15-9-8-14-20(21)22-18-12-6-4-10-16(18)17-11-5-7-13-19(17)22/h4-15,22H,1-3H3. The Bertz CT molecular complexity index is 819. The largest absolute Gasteiger partial charge is 0.0620 e. The van der Waals surface area contributed by atoms with Gasteiger partial charge in [-0.3, -0.25) is 0 Å². The van der Waals surface area contributed by atoms with Gasteiger partial charge < -0.3 is 0 Å². The first-order valence-corrected chi connectivity index (χ1v) is 8.35. The third-order valence-electron chi connectivity index (χ3n) is 4.91. The maximum Gasteiger partial charge on any atom is 0.0355 e. The molecular formula is C23H22. The summed E-state index contributed by atoms with van der Waals surface area (Å²) in [5, 5.41) is 0. The predicted molar refractivity (Wildman–Crippen MR) is 98.0 cm³/mol. The zero-order valence-electron chi connectivity index (χ0n) is 14.0. The van der Waals surface area contributed by atoms with E-state index in [9.17, 15) is 0 Å². The fourth-order valence-electron chi connectivity index (χ4n) is 3.92. The Morgan fingerprint density at radius 2 is 1.00 bits per heavy atom. The van der Waals surface area contributed by atoms with Gasteiger partial charge in [-0.1, -0.05) is 93.6 Å². The fraction of sp³-hybridized carbons (Fsp3) is 0.217. The molecule has 0 radical (unpaired) electrons. The molecule has 3 aromatic rings. The van der Waals surface area contributed by atoms with Crippen molar-refractivity contribution in [2.24, 2.45) is 0 Å². The number of hydrogen-bond acceptors (Lipinski definition) is 0. The van der Waals surface area contributed by atoms with E-state index in [1.165, 1.54) is 33.4 Å². The molecule has 0 heterocycles. The molecule has 0 saturated carbocycles. The van der Waals surface area contributed by atoms with Crippen LogP contribution in [0.4, 0.5) is 0 Å². The zero-order valence-corrected chi connectivity index (χ0v) is 14.0. The highest BCUT2D eigenvalue weighted by Gasteiger charge is 2.32. The van der Waals surface area contributed by atoms with Gasteiger partial charge in [0.2, 0.25) is 0 Å². The van der Waals surface area contributed by atoms with Crippen molar-refractivity contribution in [1.82, 2.24) is 0 Å². The predicted octanol–water partition coefficient (Wildman–Crippen LogP) is 6.14. The van der Waals surface area contributed by atoms with Crippen LogP contribution in [0.2, 0.25) is 0 Å². The smallest absolute Gasteiger partial charge is 0.0355 e. The second-order valence-corrected chi connectivity index (χ2v) is 7.44. The van der Waals surface area contributed by atoms with Gasteiger partial charge in [0.15, 0.2) is 0 Å². The molecule has 0 unspecified atom stereocenters. The minimum Gasteiger partial charge on any atom is -0.0620 e. The van der Waals surface area contributed by atoms with Gasteiger partial charge in [0, 0.05) is 5.92 Å². The van der Waals surface area contributed by atoms with Crippen molar-refractivity contribution < 1.29 is 0 Å². The van der Waals surface area contributed by atoms with Crippen LogP contribution in [-0.2, 0) is 5.41 Å². The highest BCUT2D eigenvalue weighted by Crippen LogP contribution is 2.49. The molecule has 0 atom stereocenters. The van der Waals surface area contributed by atoms with E-state index < -0.39 is 0 Å². The lowest BCUT2D eigenvalue weighted by atomic mass is 9.77. The fourth-order valence-corrected chi connectivity index (χ4v) is 3.92. The van der Waals surface area contributed by atoms with Gasteiger partial charge >= 0.3 is 0 Å². The third-order valence-corrected chi connectivity index (χ3v) is 4.91. The molecule has 0 fully saturated rings. The van der Waals surface area contributed by atoms with Crippen molar-refractivity contribution >= 4 is 0 Å². The van der Waals surface area contributed by atoms with Crippen LogP contribution < -0.4 is 0 Å².